The molecule has 2 nitrogen and oxygen atoms in total. The molecule has 1 heterocycles. The lowest BCUT2D eigenvalue weighted by atomic mass is 10.6. The van der Waals surface area contributed by atoms with Gasteiger partial charge in [0.2, 0.25) is 0 Å². The predicted octanol–water partition coefficient (Wildman–Crippen LogP) is 1.17. The van der Waals surface area contributed by atoms with E-state index in [-0.39, 0.29) is 17.3 Å². The van der Waals surface area contributed by atoms with Crippen LogP contribution in [0.4, 0.5) is 0 Å². The fourth-order valence-electron chi connectivity index (χ4n) is 0.362. The predicted molar refractivity (Wildman–Crippen MR) is 36.9 cm³/mol. The molecule has 1 aromatic heterocycles. The Balaban J connectivity index is 0.000000490. The van der Waals surface area contributed by atoms with Crippen LogP contribution < -0.4 is 4.87 Å². The molecule has 0 amide bonds. The van der Waals surface area contributed by atoms with Crippen LogP contribution in [0.5, 0.6) is 0 Å². The lowest BCUT2D eigenvalue weighted by Gasteiger charge is -1.68. The summed E-state index contributed by atoms with van der Waals surface area (Å²) in [6.45, 7) is 1.86. The minimum absolute atomic E-state index is 0. The van der Waals surface area contributed by atoms with Gasteiger partial charge in [-0.1, -0.05) is 11.3 Å². The molecule has 1 rings (SSSR count). The van der Waals surface area contributed by atoms with Crippen molar-refractivity contribution in [1.29, 1.82) is 0 Å². The van der Waals surface area contributed by atoms with Gasteiger partial charge >= 0.3 is 4.87 Å². The largest absolute Gasteiger partial charge is 0.317 e. The van der Waals surface area contributed by atoms with Gasteiger partial charge < -0.3 is 4.98 Å². The van der Waals surface area contributed by atoms with Gasteiger partial charge in [-0.3, -0.25) is 4.79 Å². The van der Waals surface area contributed by atoms with Gasteiger partial charge in [-0.25, -0.2) is 0 Å². The van der Waals surface area contributed by atoms with Crippen LogP contribution in [0.1, 0.15) is 5.69 Å². The molecule has 0 aliphatic rings. The van der Waals surface area contributed by atoms with Gasteiger partial charge in [0.05, 0.1) is 0 Å². The minimum atomic E-state index is 0. The van der Waals surface area contributed by atoms with E-state index in [1.807, 2.05) is 6.92 Å². The highest BCUT2D eigenvalue weighted by Crippen LogP contribution is 1.89. The molecule has 8 heavy (non-hydrogen) atoms. The number of aromatic amines is 1. The summed E-state index contributed by atoms with van der Waals surface area (Å²) in [6, 6.07) is 0. The first-order valence-corrected chi connectivity index (χ1v) is 2.81. The average Bonchev–Trinajstić information content (AvgIpc) is 1.87. The molecule has 0 aliphatic carbocycles. The van der Waals surface area contributed by atoms with Crippen molar-refractivity contribution in [2.24, 2.45) is 0 Å². The SMILES string of the molecule is Cc1csc(=O)[nH]1.Cl. The summed E-state index contributed by atoms with van der Waals surface area (Å²) in [7, 11) is 0. The molecular formula is C4H6ClNOS. The third-order valence-electron chi connectivity index (χ3n) is 0.642. The van der Waals surface area contributed by atoms with Gasteiger partial charge in [0.1, 0.15) is 0 Å². The van der Waals surface area contributed by atoms with Crippen LogP contribution >= 0.6 is 23.7 Å². The van der Waals surface area contributed by atoms with Crippen LogP contribution in [-0.2, 0) is 0 Å². The van der Waals surface area contributed by atoms with E-state index in [0.29, 0.717) is 0 Å². The van der Waals surface area contributed by atoms with Crippen LogP contribution in [0.2, 0.25) is 0 Å². The van der Waals surface area contributed by atoms with Crippen LogP contribution in [0.15, 0.2) is 10.2 Å². The molecule has 0 bridgehead atoms. The number of hydrogen-bond acceptors (Lipinski definition) is 2. The summed E-state index contributed by atoms with van der Waals surface area (Å²) in [5.41, 5.74) is 0.940. The van der Waals surface area contributed by atoms with Crippen molar-refractivity contribution in [3.8, 4) is 0 Å². The van der Waals surface area contributed by atoms with Crippen molar-refractivity contribution in [2.75, 3.05) is 0 Å². The summed E-state index contributed by atoms with van der Waals surface area (Å²) in [6.07, 6.45) is 0. The summed E-state index contributed by atoms with van der Waals surface area (Å²) in [5.74, 6) is 0. The molecule has 0 unspecified atom stereocenters. The molecule has 46 valence electrons. The summed E-state index contributed by atoms with van der Waals surface area (Å²) in [5, 5.41) is 1.79. The second-order valence-corrected chi connectivity index (χ2v) is 2.17. The molecule has 0 saturated heterocycles. The number of rotatable bonds is 0. The highest BCUT2D eigenvalue weighted by Gasteiger charge is 1.83. The molecular weight excluding hydrogens is 146 g/mol. The molecule has 0 aliphatic heterocycles. The van der Waals surface area contributed by atoms with Crippen molar-refractivity contribution in [2.45, 2.75) is 6.92 Å². The maximum Gasteiger partial charge on any atom is 0.304 e. The monoisotopic (exact) mass is 151 g/mol. The fraction of sp³-hybridized carbons (Fsp3) is 0.250. The van der Waals surface area contributed by atoms with E-state index in [9.17, 15) is 4.79 Å². The van der Waals surface area contributed by atoms with Crippen molar-refractivity contribution in [3.05, 3.63) is 20.7 Å². The summed E-state index contributed by atoms with van der Waals surface area (Å²) in [4.78, 5) is 12.9. The lowest BCUT2D eigenvalue weighted by Crippen LogP contribution is -1.90. The smallest absolute Gasteiger partial charge is 0.304 e. The summed E-state index contributed by atoms with van der Waals surface area (Å²) < 4.78 is 0. The molecule has 0 atom stereocenters. The number of thiazole rings is 1. The molecule has 0 radical (unpaired) electrons. The van der Waals surface area contributed by atoms with Gasteiger partial charge in [-0.15, -0.1) is 12.4 Å². The number of nitrogens with one attached hydrogen (secondary N) is 1. The molecule has 0 fully saturated rings. The van der Waals surface area contributed by atoms with Gasteiger partial charge in [-0.05, 0) is 6.92 Å². The number of hydrogen-bond donors (Lipinski definition) is 1. The Kier molecular flexibility index (Phi) is 2.79. The molecule has 0 spiro atoms. The van der Waals surface area contributed by atoms with Gasteiger partial charge in [0.15, 0.2) is 0 Å². The first-order chi connectivity index (χ1) is 3.29. The lowest BCUT2D eigenvalue weighted by molar-refractivity contribution is 1.22. The number of aromatic nitrogens is 1. The van der Waals surface area contributed by atoms with Crippen molar-refractivity contribution >= 4 is 23.7 Å². The van der Waals surface area contributed by atoms with Crippen molar-refractivity contribution in [1.82, 2.24) is 4.98 Å². The van der Waals surface area contributed by atoms with E-state index in [1.165, 1.54) is 11.3 Å². The fourth-order valence-corrected chi connectivity index (χ4v) is 0.924. The quantitative estimate of drug-likeness (QED) is 0.593. The Morgan fingerprint density at radius 1 is 1.75 bits per heavy atom. The Morgan fingerprint density at radius 3 is 2.50 bits per heavy atom. The maximum atomic E-state index is 10.3. The average molecular weight is 152 g/mol. The number of halogens is 1. The molecule has 0 saturated carbocycles. The standard InChI is InChI=1S/C4H5NOS.ClH/c1-3-2-7-4(6)5-3;/h2H,1H3,(H,5,6);1H. The number of aryl methyl sites for hydroxylation is 1. The Bertz CT molecular complexity index is 204. The van der Waals surface area contributed by atoms with Crippen LogP contribution in [0.3, 0.4) is 0 Å². The van der Waals surface area contributed by atoms with E-state index < -0.39 is 0 Å². The van der Waals surface area contributed by atoms with E-state index in [0.717, 1.165) is 5.69 Å². The Labute approximate surface area is 57.0 Å². The Hall–Kier alpha value is -0.280. The zero-order valence-electron chi connectivity index (χ0n) is 4.30. The third-order valence-corrected chi connectivity index (χ3v) is 1.43. The van der Waals surface area contributed by atoms with Gasteiger partial charge in [0.25, 0.3) is 0 Å². The van der Waals surface area contributed by atoms with Crippen LogP contribution in [-0.4, -0.2) is 4.98 Å². The first kappa shape index (κ1) is 7.72. The van der Waals surface area contributed by atoms with Gasteiger partial charge in [-0.2, -0.15) is 0 Å². The van der Waals surface area contributed by atoms with E-state index >= 15 is 0 Å². The minimum Gasteiger partial charge on any atom is -0.317 e. The summed E-state index contributed by atoms with van der Waals surface area (Å²) >= 11 is 1.19. The van der Waals surface area contributed by atoms with E-state index in [2.05, 4.69) is 4.98 Å². The Morgan fingerprint density at radius 2 is 2.38 bits per heavy atom. The van der Waals surface area contributed by atoms with Crippen LogP contribution in [0, 0.1) is 6.92 Å². The first-order valence-electron chi connectivity index (χ1n) is 1.93. The molecule has 0 aromatic carbocycles. The van der Waals surface area contributed by atoms with Crippen LogP contribution in [0.25, 0.3) is 0 Å². The van der Waals surface area contributed by atoms with E-state index in [1.54, 1.807) is 5.38 Å². The van der Waals surface area contributed by atoms with Crippen molar-refractivity contribution < 1.29 is 0 Å². The topological polar surface area (TPSA) is 32.9 Å². The second kappa shape index (κ2) is 2.89. The second-order valence-electron chi connectivity index (χ2n) is 1.33. The normalized spacial score (nSPS) is 8.12. The van der Waals surface area contributed by atoms with Crippen molar-refractivity contribution in [3.63, 3.8) is 0 Å². The third kappa shape index (κ3) is 1.68. The van der Waals surface area contributed by atoms with Gasteiger partial charge in [0, 0.05) is 11.1 Å². The molecule has 1 N–H and O–H groups in total. The maximum absolute atomic E-state index is 10.3. The highest BCUT2D eigenvalue weighted by atomic mass is 35.5. The number of H-pyrrole nitrogens is 1. The molecule has 1 aromatic rings. The zero-order valence-corrected chi connectivity index (χ0v) is 5.94. The molecule has 4 heteroatoms. The zero-order chi connectivity index (χ0) is 5.28. The highest BCUT2D eigenvalue weighted by molar-refractivity contribution is 7.07. The van der Waals surface area contributed by atoms with E-state index in [4.69, 9.17) is 0 Å².